The molecule has 1 aromatic rings. The Labute approximate surface area is 110 Å². The Morgan fingerprint density at radius 1 is 1.17 bits per heavy atom. The van der Waals surface area contributed by atoms with Gasteiger partial charge in [0.05, 0.1) is 6.61 Å². The smallest absolute Gasteiger partial charge is 0.122 e. The van der Waals surface area contributed by atoms with Gasteiger partial charge in [-0.05, 0) is 49.7 Å². The lowest BCUT2D eigenvalue weighted by atomic mass is 10.1. The molecule has 0 aromatic heterocycles. The summed E-state index contributed by atoms with van der Waals surface area (Å²) in [4.78, 5) is 0. The molecule has 1 aliphatic heterocycles. The van der Waals surface area contributed by atoms with Crippen molar-refractivity contribution in [2.45, 2.75) is 32.7 Å². The van der Waals surface area contributed by atoms with Gasteiger partial charge in [-0.3, -0.25) is 0 Å². The minimum absolute atomic E-state index is 0.843. The molecule has 0 fully saturated rings. The van der Waals surface area contributed by atoms with Crippen molar-refractivity contribution < 1.29 is 4.74 Å². The molecule has 0 aliphatic carbocycles. The molecule has 1 aliphatic rings. The van der Waals surface area contributed by atoms with Gasteiger partial charge < -0.3 is 15.4 Å². The van der Waals surface area contributed by atoms with E-state index in [0.717, 1.165) is 45.0 Å². The molecule has 0 unspecified atom stereocenters. The summed E-state index contributed by atoms with van der Waals surface area (Å²) >= 11 is 0. The first-order valence-corrected chi connectivity index (χ1v) is 7.06. The molecule has 0 atom stereocenters. The topological polar surface area (TPSA) is 33.3 Å². The molecule has 18 heavy (non-hydrogen) atoms. The normalized spacial score (nSPS) is 13.4. The Hall–Kier alpha value is -1.06. The molecule has 2 N–H and O–H groups in total. The Morgan fingerprint density at radius 3 is 2.94 bits per heavy atom. The number of benzene rings is 1. The van der Waals surface area contributed by atoms with Crippen LogP contribution in [0.2, 0.25) is 0 Å². The third kappa shape index (κ3) is 4.00. The molecule has 0 amide bonds. The van der Waals surface area contributed by atoms with Gasteiger partial charge in [0.1, 0.15) is 5.75 Å². The zero-order valence-corrected chi connectivity index (χ0v) is 11.3. The van der Waals surface area contributed by atoms with Crippen LogP contribution in [0.5, 0.6) is 5.75 Å². The molecule has 0 saturated carbocycles. The van der Waals surface area contributed by atoms with Crippen LogP contribution >= 0.6 is 0 Å². The van der Waals surface area contributed by atoms with Gasteiger partial charge in [0.25, 0.3) is 0 Å². The molecule has 1 heterocycles. The highest BCUT2D eigenvalue weighted by Gasteiger charge is 2.11. The average molecular weight is 248 g/mol. The van der Waals surface area contributed by atoms with Crippen molar-refractivity contribution in [1.82, 2.24) is 10.6 Å². The molecule has 1 aromatic carbocycles. The van der Waals surface area contributed by atoms with Crippen LogP contribution in [-0.4, -0.2) is 26.2 Å². The van der Waals surface area contributed by atoms with Gasteiger partial charge in [0, 0.05) is 13.0 Å². The van der Waals surface area contributed by atoms with Crippen LogP contribution in [0.25, 0.3) is 0 Å². The van der Waals surface area contributed by atoms with E-state index in [1.807, 2.05) is 0 Å². The molecule has 0 saturated heterocycles. The fraction of sp³-hybridized carbons (Fsp3) is 0.600. The first kappa shape index (κ1) is 13.4. The maximum absolute atomic E-state index is 5.51. The summed E-state index contributed by atoms with van der Waals surface area (Å²) in [7, 11) is 0. The fourth-order valence-corrected chi connectivity index (χ4v) is 2.22. The Balaban J connectivity index is 1.62. The summed E-state index contributed by atoms with van der Waals surface area (Å²) in [5, 5.41) is 6.90. The largest absolute Gasteiger partial charge is 0.493 e. The second kappa shape index (κ2) is 7.39. The SMILES string of the molecule is CCCNCCCNCc1ccc2c(c1)CCO2. The van der Waals surface area contributed by atoms with E-state index in [9.17, 15) is 0 Å². The van der Waals surface area contributed by atoms with Crippen molar-refractivity contribution in [2.24, 2.45) is 0 Å². The van der Waals surface area contributed by atoms with Crippen LogP contribution in [0.15, 0.2) is 18.2 Å². The summed E-state index contributed by atoms with van der Waals surface area (Å²) < 4.78 is 5.51. The van der Waals surface area contributed by atoms with Crippen molar-refractivity contribution in [3.05, 3.63) is 29.3 Å². The molecular weight excluding hydrogens is 224 g/mol. The minimum Gasteiger partial charge on any atom is -0.493 e. The number of hydrogen-bond acceptors (Lipinski definition) is 3. The molecule has 0 bridgehead atoms. The van der Waals surface area contributed by atoms with Crippen molar-refractivity contribution in [1.29, 1.82) is 0 Å². The van der Waals surface area contributed by atoms with Crippen LogP contribution in [0.3, 0.4) is 0 Å². The van der Waals surface area contributed by atoms with E-state index in [4.69, 9.17) is 4.74 Å². The predicted octanol–water partition coefficient (Wildman–Crippen LogP) is 2.10. The molecule has 0 radical (unpaired) electrons. The second-order valence-electron chi connectivity index (χ2n) is 4.82. The number of rotatable bonds is 8. The lowest BCUT2D eigenvalue weighted by molar-refractivity contribution is 0.357. The third-order valence-corrected chi connectivity index (χ3v) is 3.22. The van der Waals surface area contributed by atoms with E-state index in [2.05, 4.69) is 35.8 Å². The average Bonchev–Trinajstić information content (AvgIpc) is 2.85. The van der Waals surface area contributed by atoms with Gasteiger partial charge in [-0.1, -0.05) is 19.1 Å². The lowest BCUT2D eigenvalue weighted by Crippen LogP contribution is -2.22. The van der Waals surface area contributed by atoms with Crippen LogP contribution in [0.1, 0.15) is 30.9 Å². The highest BCUT2D eigenvalue weighted by atomic mass is 16.5. The maximum Gasteiger partial charge on any atom is 0.122 e. The van der Waals surface area contributed by atoms with E-state index < -0.39 is 0 Å². The summed E-state index contributed by atoms with van der Waals surface area (Å²) in [6.07, 6.45) is 3.46. The van der Waals surface area contributed by atoms with Crippen molar-refractivity contribution in [2.75, 3.05) is 26.2 Å². The number of ether oxygens (including phenoxy) is 1. The van der Waals surface area contributed by atoms with E-state index in [1.165, 1.54) is 24.0 Å². The van der Waals surface area contributed by atoms with E-state index in [0.29, 0.717) is 0 Å². The molecule has 3 nitrogen and oxygen atoms in total. The zero-order valence-electron chi connectivity index (χ0n) is 11.3. The lowest BCUT2D eigenvalue weighted by Gasteiger charge is -2.07. The third-order valence-electron chi connectivity index (χ3n) is 3.22. The molecular formula is C15H24N2O. The highest BCUT2D eigenvalue weighted by Crippen LogP contribution is 2.25. The minimum atomic E-state index is 0.843. The molecule has 3 heteroatoms. The number of fused-ring (bicyclic) bond motifs is 1. The summed E-state index contributed by atoms with van der Waals surface area (Å²) in [5.41, 5.74) is 2.72. The molecule has 100 valence electrons. The van der Waals surface area contributed by atoms with Crippen LogP contribution in [-0.2, 0) is 13.0 Å². The van der Waals surface area contributed by atoms with Crippen molar-refractivity contribution in [3.8, 4) is 5.75 Å². The molecule has 0 spiro atoms. The van der Waals surface area contributed by atoms with Gasteiger partial charge in [0.2, 0.25) is 0 Å². The first-order chi connectivity index (χ1) is 8.90. The second-order valence-corrected chi connectivity index (χ2v) is 4.82. The Morgan fingerprint density at radius 2 is 2.06 bits per heavy atom. The van der Waals surface area contributed by atoms with Crippen molar-refractivity contribution >= 4 is 0 Å². The van der Waals surface area contributed by atoms with Gasteiger partial charge in [-0.25, -0.2) is 0 Å². The summed E-state index contributed by atoms with van der Waals surface area (Å²) in [6, 6.07) is 6.53. The first-order valence-electron chi connectivity index (χ1n) is 7.06. The van der Waals surface area contributed by atoms with Gasteiger partial charge in [-0.2, -0.15) is 0 Å². The quantitative estimate of drug-likeness (QED) is 0.691. The summed E-state index contributed by atoms with van der Waals surface area (Å²) in [5.74, 6) is 1.07. The Kier molecular flexibility index (Phi) is 5.49. The highest BCUT2D eigenvalue weighted by molar-refractivity contribution is 5.39. The van der Waals surface area contributed by atoms with Gasteiger partial charge in [-0.15, -0.1) is 0 Å². The summed E-state index contributed by atoms with van der Waals surface area (Å²) in [6.45, 7) is 7.31. The Bertz CT molecular complexity index is 366. The van der Waals surface area contributed by atoms with E-state index >= 15 is 0 Å². The standard InChI is InChI=1S/C15H24N2O/c1-2-7-16-8-3-9-17-12-13-4-5-15-14(11-13)6-10-18-15/h4-5,11,16-17H,2-3,6-10,12H2,1H3. The fourth-order valence-electron chi connectivity index (χ4n) is 2.22. The van der Waals surface area contributed by atoms with Crippen LogP contribution < -0.4 is 15.4 Å². The van der Waals surface area contributed by atoms with Gasteiger partial charge in [0.15, 0.2) is 0 Å². The number of nitrogens with one attached hydrogen (secondary N) is 2. The predicted molar refractivity (Wildman–Crippen MR) is 75.1 cm³/mol. The van der Waals surface area contributed by atoms with Crippen LogP contribution in [0.4, 0.5) is 0 Å². The zero-order chi connectivity index (χ0) is 12.6. The number of hydrogen-bond donors (Lipinski definition) is 2. The van der Waals surface area contributed by atoms with Gasteiger partial charge >= 0.3 is 0 Å². The monoisotopic (exact) mass is 248 g/mol. The van der Waals surface area contributed by atoms with Crippen molar-refractivity contribution in [3.63, 3.8) is 0 Å². The van der Waals surface area contributed by atoms with E-state index in [-0.39, 0.29) is 0 Å². The maximum atomic E-state index is 5.51. The van der Waals surface area contributed by atoms with Crippen LogP contribution in [0, 0.1) is 0 Å². The van der Waals surface area contributed by atoms with E-state index in [1.54, 1.807) is 0 Å². The molecule has 2 rings (SSSR count).